The maximum absolute atomic E-state index is 13.1. The lowest BCUT2D eigenvalue weighted by Gasteiger charge is -2.17. The fourth-order valence-electron chi connectivity index (χ4n) is 5.48. The maximum atomic E-state index is 13.1. The lowest BCUT2D eigenvalue weighted by atomic mass is 9.87. The van der Waals surface area contributed by atoms with E-state index < -0.39 is 0 Å². The van der Waals surface area contributed by atoms with Crippen LogP contribution in [0.5, 0.6) is 0 Å². The molecule has 1 aliphatic carbocycles. The quantitative estimate of drug-likeness (QED) is 0.256. The van der Waals surface area contributed by atoms with Crippen molar-refractivity contribution in [3.63, 3.8) is 0 Å². The molecule has 4 heterocycles. The third kappa shape index (κ3) is 4.85. The normalized spacial score (nSPS) is 17.1. The smallest absolute Gasteiger partial charge is 0.238 e. The SMILES string of the molecule is CC(C)(C)c1nc(C(=O)C[C@@H]2CCCCc3cc(-c4ccnc(Nc5cnn6c5CCC6)n4)ccc32)no1. The molecule has 0 amide bonds. The van der Waals surface area contributed by atoms with Crippen LogP contribution >= 0.6 is 0 Å². The second-order valence-corrected chi connectivity index (χ2v) is 11.4. The fourth-order valence-corrected chi connectivity index (χ4v) is 5.48. The highest BCUT2D eigenvalue weighted by Gasteiger charge is 2.27. The van der Waals surface area contributed by atoms with E-state index in [0.29, 0.717) is 18.3 Å². The minimum absolute atomic E-state index is 0.0654. The molecule has 9 nitrogen and oxygen atoms in total. The van der Waals surface area contributed by atoms with Crippen LogP contribution < -0.4 is 5.32 Å². The van der Waals surface area contributed by atoms with E-state index in [1.165, 1.54) is 16.8 Å². The van der Waals surface area contributed by atoms with Crippen molar-refractivity contribution in [2.45, 2.75) is 83.6 Å². The average molecular weight is 512 g/mol. The van der Waals surface area contributed by atoms with Crippen molar-refractivity contribution in [2.75, 3.05) is 5.32 Å². The third-order valence-electron chi connectivity index (χ3n) is 7.51. The number of aryl methyl sites for hydroxylation is 2. The van der Waals surface area contributed by atoms with E-state index in [-0.39, 0.29) is 22.9 Å². The topological polar surface area (TPSA) is 112 Å². The van der Waals surface area contributed by atoms with Crippen molar-refractivity contribution in [2.24, 2.45) is 0 Å². The molecular formula is C29H33N7O2. The van der Waals surface area contributed by atoms with Crippen molar-refractivity contribution in [3.05, 3.63) is 65.2 Å². The molecule has 0 saturated heterocycles. The molecule has 38 heavy (non-hydrogen) atoms. The molecule has 2 aliphatic rings. The number of hydrogen-bond donors (Lipinski definition) is 1. The molecule has 0 spiro atoms. The Balaban J connectivity index is 1.22. The number of fused-ring (bicyclic) bond motifs is 2. The molecule has 3 aromatic heterocycles. The zero-order chi connectivity index (χ0) is 26.3. The van der Waals surface area contributed by atoms with Crippen molar-refractivity contribution in [1.82, 2.24) is 29.9 Å². The van der Waals surface area contributed by atoms with E-state index in [4.69, 9.17) is 9.51 Å². The zero-order valence-electron chi connectivity index (χ0n) is 22.2. The van der Waals surface area contributed by atoms with E-state index in [1.807, 2.05) is 37.7 Å². The molecule has 0 fully saturated rings. The number of ketones is 1. The van der Waals surface area contributed by atoms with Crippen molar-refractivity contribution < 1.29 is 9.32 Å². The van der Waals surface area contributed by atoms with E-state index >= 15 is 0 Å². The highest BCUT2D eigenvalue weighted by atomic mass is 16.5. The van der Waals surface area contributed by atoms with Crippen LogP contribution in [0.25, 0.3) is 11.3 Å². The van der Waals surface area contributed by atoms with Gasteiger partial charge >= 0.3 is 0 Å². The highest BCUT2D eigenvalue weighted by molar-refractivity contribution is 5.93. The minimum atomic E-state index is -0.285. The summed E-state index contributed by atoms with van der Waals surface area (Å²) >= 11 is 0. The van der Waals surface area contributed by atoms with Gasteiger partial charge < -0.3 is 9.84 Å². The Hall–Kier alpha value is -3.88. The van der Waals surface area contributed by atoms with Crippen LogP contribution in [0.15, 0.2) is 41.2 Å². The van der Waals surface area contributed by atoms with Gasteiger partial charge in [0.05, 0.1) is 23.3 Å². The molecular weight excluding hydrogens is 478 g/mol. The largest absolute Gasteiger partial charge is 0.338 e. The van der Waals surface area contributed by atoms with Gasteiger partial charge in [-0.05, 0) is 61.3 Å². The summed E-state index contributed by atoms with van der Waals surface area (Å²) in [7, 11) is 0. The van der Waals surface area contributed by atoms with Crippen molar-refractivity contribution >= 4 is 17.4 Å². The molecule has 0 radical (unpaired) electrons. The van der Waals surface area contributed by atoms with Gasteiger partial charge in [-0.15, -0.1) is 0 Å². The summed E-state index contributed by atoms with van der Waals surface area (Å²) in [5.74, 6) is 1.31. The highest BCUT2D eigenvalue weighted by Crippen LogP contribution is 2.36. The van der Waals surface area contributed by atoms with Gasteiger partial charge in [-0.1, -0.05) is 44.5 Å². The van der Waals surface area contributed by atoms with Gasteiger partial charge in [-0.25, -0.2) is 9.97 Å². The lowest BCUT2D eigenvalue weighted by molar-refractivity contribution is 0.0959. The molecule has 196 valence electrons. The molecule has 9 heteroatoms. The van der Waals surface area contributed by atoms with Crippen molar-refractivity contribution in [1.29, 1.82) is 0 Å². The molecule has 6 rings (SSSR count). The summed E-state index contributed by atoms with van der Waals surface area (Å²) in [6, 6.07) is 8.45. The van der Waals surface area contributed by atoms with Gasteiger partial charge in [0.1, 0.15) is 0 Å². The Morgan fingerprint density at radius 3 is 2.87 bits per heavy atom. The average Bonchev–Trinajstić information content (AvgIpc) is 3.62. The molecule has 1 N–H and O–H groups in total. The summed E-state index contributed by atoms with van der Waals surface area (Å²) < 4.78 is 7.40. The number of aromatic nitrogens is 6. The van der Waals surface area contributed by atoms with Crippen LogP contribution in [-0.4, -0.2) is 35.7 Å². The second kappa shape index (κ2) is 9.78. The number of carbonyl (C=O) groups is 1. The number of hydrogen-bond acceptors (Lipinski definition) is 8. The van der Waals surface area contributed by atoms with Gasteiger partial charge in [-0.2, -0.15) is 10.1 Å². The van der Waals surface area contributed by atoms with Crippen LogP contribution in [0.3, 0.4) is 0 Å². The minimum Gasteiger partial charge on any atom is -0.338 e. The first-order valence-corrected chi connectivity index (χ1v) is 13.5. The van der Waals surface area contributed by atoms with Crippen LogP contribution in [-0.2, 0) is 24.8 Å². The number of anilines is 2. The monoisotopic (exact) mass is 511 g/mol. The van der Waals surface area contributed by atoms with Gasteiger partial charge in [-0.3, -0.25) is 9.48 Å². The van der Waals surface area contributed by atoms with Crippen LogP contribution in [0.4, 0.5) is 11.6 Å². The summed E-state index contributed by atoms with van der Waals surface area (Å²) in [5.41, 5.74) is 6.34. The molecule has 1 atom stereocenters. The first-order valence-electron chi connectivity index (χ1n) is 13.5. The van der Waals surface area contributed by atoms with E-state index in [0.717, 1.165) is 62.0 Å². The Labute approximate surface area is 222 Å². The van der Waals surface area contributed by atoms with Gasteiger partial charge in [0, 0.05) is 30.1 Å². The molecule has 0 unspecified atom stereocenters. The number of carbonyl (C=O) groups excluding carboxylic acids is 1. The van der Waals surface area contributed by atoms with Gasteiger partial charge in [0.2, 0.25) is 23.4 Å². The summed E-state index contributed by atoms with van der Waals surface area (Å²) in [6.07, 6.45) is 10.3. The molecule has 0 bridgehead atoms. The molecule has 0 saturated carbocycles. The Morgan fingerprint density at radius 2 is 2.03 bits per heavy atom. The Morgan fingerprint density at radius 1 is 1.13 bits per heavy atom. The molecule has 1 aromatic carbocycles. The molecule has 1 aliphatic heterocycles. The molecule has 4 aromatic rings. The number of rotatable bonds is 6. The van der Waals surface area contributed by atoms with Gasteiger partial charge in [0.15, 0.2) is 0 Å². The predicted molar refractivity (Wildman–Crippen MR) is 144 cm³/mol. The van der Waals surface area contributed by atoms with E-state index in [9.17, 15) is 4.79 Å². The first-order chi connectivity index (χ1) is 18.3. The Kier molecular flexibility index (Phi) is 6.29. The zero-order valence-corrected chi connectivity index (χ0v) is 22.2. The fraction of sp³-hybridized carbons (Fsp3) is 0.448. The maximum Gasteiger partial charge on any atom is 0.238 e. The van der Waals surface area contributed by atoms with E-state index in [1.54, 1.807) is 6.20 Å². The van der Waals surface area contributed by atoms with Crippen molar-refractivity contribution in [3.8, 4) is 11.3 Å². The number of nitrogens with one attached hydrogen (secondary N) is 1. The standard InChI is InChI=1S/C29H33N7O2/c1-29(2,3)27-34-26(35-38-27)25(37)16-19-8-5-4-7-18-15-20(10-11-21(18)19)22-12-13-30-28(32-22)33-23-17-31-36-14-6-9-24(23)36/h10-13,15,17,19H,4-9,14,16H2,1-3H3,(H,30,32,33)/t19-/m0/s1. The second-order valence-electron chi connectivity index (χ2n) is 11.4. The van der Waals surface area contributed by atoms with Crippen LogP contribution in [0.2, 0.25) is 0 Å². The summed E-state index contributed by atoms with van der Waals surface area (Å²) in [6.45, 7) is 6.95. The lowest BCUT2D eigenvalue weighted by Crippen LogP contribution is -2.13. The summed E-state index contributed by atoms with van der Waals surface area (Å²) in [4.78, 5) is 26.7. The number of Topliss-reactive ketones (excluding diaryl/α,β-unsaturated/α-hetero) is 1. The Bertz CT molecular complexity index is 1480. The van der Waals surface area contributed by atoms with Gasteiger partial charge in [0.25, 0.3) is 0 Å². The first kappa shape index (κ1) is 24.5. The third-order valence-corrected chi connectivity index (χ3v) is 7.51. The van der Waals surface area contributed by atoms with Crippen LogP contribution in [0.1, 0.15) is 92.1 Å². The van der Waals surface area contributed by atoms with E-state index in [2.05, 4.69) is 43.7 Å². The number of nitrogens with zero attached hydrogens (tertiary/aromatic N) is 6. The predicted octanol–water partition coefficient (Wildman–Crippen LogP) is 5.79. The summed E-state index contributed by atoms with van der Waals surface area (Å²) in [5, 5.41) is 11.8. The van der Waals surface area contributed by atoms with Crippen LogP contribution in [0, 0.1) is 0 Å². The number of benzene rings is 1.